The molecule has 0 aliphatic rings. The van der Waals surface area contributed by atoms with Gasteiger partial charge < -0.3 is 10.5 Å². The second kappa shape index (κ2) is 7.61. The average Bonchev–Trinajstić information content (AvgIpc) is 2.48. The highest BCUT2D eigenvalue weighted by Crippen LogP contribution is 2.29. The van der Waals surface area contributed by atoms with E-state index < -0.39 is 0 Å². The van der Waals surface area contributed by atoms with Crippen LogP contribution in [0.2, 0.25) is 5.02 Å². The van der Waals surface area contributed by atoms with Crippen LogP contribution in [0.1, 0.15) is 30.9 Å². The molecule has 1 atom stereocenters. The lowest BCUT2D eigenvalue weighted by molar-refractivity contribution is 0.242. The molecule has 0 aliphatic heterocycles. The number of nitrogens with two attached hydrogens (primary N) is 1. The largest absolute Gasteiger partial charge is 0.489 e. The zero-order valence-corrected chi connectivity index (χ0v) is 13.6. The summed E-state index contributed by atoms with van der Waals surface area (Å²) in [5.41, 5.74) is 7.49. The van der Waals surface area contributed by atoms with E-state index in [9.17, 15) is 4.39 Å². The van der Waals surface area contributed by atoms with Gasteiger partial charge in [-0.15, -0.1) is 0 Å². The predicted molar refractivity (Wildman–Crippen MR) is 89.1 cm³/mol. The molecule has 2 N–H and O–H groups in total. The van der Waals surface area contributed by atoms with Crippen LogP contribution in [0.5, 0.6) is 5.75 Å². The van der Waals surface area contributed by atoms with Crippen LogP contribution in [0, 0.1) is 5.82 Å². The molecule has 0 spiro atoms. The molecule has 4 heteroatoms. The normalized spacial score (nSPS) is 12.5. The van der Waals surface area contributed by atoms with Gasteiger partial charge in [-0.1, -0.05) is 35.9 Å². The molecule has 2 nitrogen and oxygen atoms in total. The summed E-state index contributed by atoms with van der Waals surface area (Å²) in [6.07, 6.45) is 0.706. The minimum atomic E-state index is -0.219. The van der Waals surface area contributed by atoms with Crippen LogP contribution in [-0.4, -0.2) is 12.6 Å². The van der Waals surface area contributed by atoms with Gasteiger partial charge in [0.1, 0.15) is 11.6 Å². The molecule has 2 aromatic rings. The Balaban J connectivity index is 2.18. The van der Waals surface area contributed by atoms with Crippen molar-refractivity contribution in [2.75, 3.05) is 6.54 Å². The zero-order chi connectivity index (χ0) is 16.1. The summed E-state index contributed by atoms with van der Waals surface area (Å²) >= 11 is 6.25. The van der Waals surface area contributed by atoms with Gasteiger partial charge in [-0.05, 0) is 56.1 Å². The van der Waals surface area contributed by atoms with E-state index in [1.165, 1.54) is 6.07 Å². The van der Waals surface area contributed by atoms with Gasteiger partial charge in [0.05, 0.1) is 11.1 Å². The minimum Gasteiger partial charge on any atom is -0.489 e. The predicted octanol–water partition coefficient (Wildman–Crippen LogP) is 4.55. The Morgan fingerprint density at radius 3 is 2.50 bits per heavy atom. The summed E-state index contributed by atoms with van der Waals surface area (Å²) < 4.78 is 19.5. The van der Waals surface area contributed by atoms with Crippen molar-refractivity contribution in [3.63, 3.8) is 0 Å². The number of rotatable bonds is 6. The van der Waals surface area contributed by atoms with Crippen LogP contribution in [0.3, 0.4) is 0 Å². The Bertz CT molecular complexity index is 630. The SMILES string of the molecule is CC(C)Oc1ccc(CC(CN)c2ccccc2F)cc1Cl. The van der Waals surface area contributed by atoms with Gasteiger partial charge >= 0.3 is 0 Å². The summed E-state index contributed by atoms with van der Waals surface area (Å²) in [5, 5.41) is 0.565. The van der Waals surface area contributed by atoms with Crippen LogP contribution < -0.4 is 10.5 Å². The van der Waals surface area contributed by atoms with Gasteiger partial charge in [0, 0.05) is 5.92 Å². The van der Waals surface area contributed by atoms with Crippen molar-refractivity contribution in [2.24, 2.45) is 5.73 Å². The average molecular weight is 322 g/mol. The number of hydrogen-bond acceptors (Lipinski definition) is 2. The van der Waals surface area contributed by atoms with E-state index in [4.69, 9.17) is 22.1 Å². The summed E-state index contributed by atoms with van der Waals surface area (Å²) in [6, 6.07) is 12.4. The Morgan fingerprint density at radius 2 is 1.91 bits per heavy atom. The molecule has 118 valence electrons. The maximum absolute atomic E-state index is 13.9. The highest BCUT2D eigenvalue weighted by molar-refractivity contribution is 6.32. The third-order valence-electron chi connectivity index (χ3n) is 3.47. The molecule has 2 rings (SSSR count). The van der Waals surface area contributed by atoms with Crippen molar-refractivity contribution >= 4 is 11.6 Å². The maximum atomic E-state index is 13.9. The molecule has 0 radical (unpaired) electrons. The first-order valence-corrected chi connectivity index (χ1v) is 7.78. The molecule has 0 aliphatic carbocycles. The van der Waals surface area contributed by atoms with Gasteiger partial charge in [-0.25, -0.2) is 4.39 Å². The van der Waals surface area contributed by atoms with E-state index in [0.29, 0.717) is 29.3 Å². The van der Waals surface area contributed by atoms with E-state index in [2.05, 4.69) is 0 Å². The molecule has 0 aromatic heterocycles. The van der Waals surface area contributed by atoms with E-state index in [1.807, 2.05) is 38.1 Å². The van der Waals surface area contributed by atoms with Gasteiger partial charge in [0.2, 0.25) is 0 Å². The Labute approximate surface area is 136 Å². The highest BCUT2D eigenvalue weighted by Gasteiger charge is 2.15. The Hall–Kier alpha value is -1.58. The van der Waals surface area contributed by atoms with Crippen molar-refractivity contribution in [1.29, 1.82) is 0 Å². The van der Waals surface area contributed by atoms with Crippen molar-refractivity contribution in [1.82, 2.24) is 0 Å². The highest BCUT2D eigenvalue weighted by atomic mass is 35.5. The first-order chi connectivity index (χ1) is 10.5. The van der Waals surface area contributed by atoms with Crippen LogP contribution in [0.4, 0.5) is 4.39 Å². The van der Waals surface area contributed by atoms with Crippen LogP contribution in [-0.2, 0) is 6.42 Å². The quantitative estimate of drug-likeness (QED) is 0.847. The van der Waals surface area contributed by atoms with Crippen molar-refractivity contribution in [2.45, 2.75) is 32.3 Å². The third kappa shape index (κ3) is 4.21. The van der Waals surface area contributed by atoms with Crippen LogP contribution >= 0.6 is 11.6 Å². The molecule has 1 unspecified atom stereocenters. The second-order valence-corrected chi connectivity index (χ2v) is 6.00. The number of hydrogen-bond donors (Lipinski definition) is 1. The van der Waals surface area contributed by atoms with Gasteiger partial charge in [0.25, 0.3) is 0 Å². The molecule has 0 fully saturated rings. The molecule has 2 aromatic carbocycles. The first-order valence-electron chi connectivity index (χ1n) is 7.40. The molecule has 0 heterocycles. The molecule has 22 heavy (non-hydrogen) atoms. The monoisotopic (exact) mass is 321 g/mol. The molecular formula is C18H21ClFNO. The Kier molecular flexibility index (Phi) is 5.81. The number of halogens is 2. The summed E-state index contributed by atoms with van der Waals surface area (Å²) in [4.78, 5) is 0. The molecule has 0 saturated carbocycles. The van der Waals surface area contributed by atoms with Crippen molar-refractivity contribution < 1.29 is 9.13 Å². The topological polar surface area (TPSA) is 35.2 Å². The smallest absolute Gasteiger partial charge is 0.138 e. The van der Waals surface area contributed by atoms with Crippen molar-refractivity contribution in [3.05, 3.63) is 64.4 Å². The third-order valence-corrected chi connectivity index (χ3v) is 3.77. The molecule has 0 saturated heterocycles. The zero-order valence-electron chi connectivity index (χ0n) is 12.9. The number of ether oxygens (including phenoxy) is 1. The fourth-order valence-electron chi connectivity index (χ4n) is 2.43. The van der Waals surface area contributed by atoms with E-state index in [0.717, 1.165) is 5.56 Å². The van der Waals surface area contributed by atoms with E-state index in [-0.39, 0.29) is 17.8 Å². The summed E-state index contributed by atoms with van der Waals surface area (Å²) in [5.74, 6) is 0.369. The van der Waals surface area contributed by atoms with Crippen LogP contribution in [0.25, 0.3) is 0 Å². The fourth-order valence-corrected chi connectivity index (χ4v) is 2.68. The van der Waals surface area contributed by atoms with Crippen molar-refractivity contribution in [3.8, 4) is 5.75 Å². The number of benzene rings is 2. The first kappa shape index (κ1) is 16.8. The van der Waals surface area contributed by atoms with Gasteiger partial charge in [-0.2, -0.15) is 0 Å². The fraction of sp³-hybridized carbons (Fsp3) is 0.333. The lowest BCUT2D eigenvalue weighted by Gasteiger charge is -2.17. The summed E-state index contributed by atoms with van der Waals surface area (Å²) in [7, 11) is 0. The maximum Gasteiger partial charge on any atom is 0.138 e. The Morgan fingerprint density at radius 1 is 1.18 bits per heavy atom. The molecular weight excluding hydrogens is 301 g/mol. The lowest BCUT2D eigenvalue weighted by Crippen LogP contribution is -2.16. The van der Waals surface area contributed by atoms with E-state index in [1.54, 1.807) is 12.1 Å². The van der Waals surface area contributed by atoms with E-state index >= 15 is 0 Å². The molecule has 0 bridgehead atoms. The van der Waals surface area contributed by atoms with Gasteiger partial charge in [-0.3, -0.25) is 0 Å². The van der Waals surface area contributed by atoms with Crippen LogP contribution in [0.15, 0.2) is 42.5 Å². The standard InChI is InChI=1S/C18H21ClFNO/c1-12(2)22-18-8-7-13(10-16(18)19)9-14(11-21)15-5-3-4-6-17(15)20/h3-8,10,12,14H,9,11,21H2,1-2H3. The second-order valence-electron chi connectivity index (χ2n) is 5.59. The lowest BCUT2D eigenvalue weighted by atomic mass is 9.91. The van der Waals surface area contributed by atoms with Gasteiger partial charge in [0.15, 0.2) is 0 Å². The summed E-state index contributed by atoms with van der Waals surface area (Å²) in [6.45, 7) is 4.28. The molecule has 0 amide bonds. The minimum absolute atomic E-state index is 0.0681.